The third-order valence-electron chi connectivity index (χ3n) is 4.84. The van der Waals surface area contributed by atoms with Crippen LogP contribution >= 0.6 is 0 Å². The molecule has 0 radical (unpaired) electrons. The fraction of sp³-hybridized carbons (Fsp3) is 0.263. The van der Waals surface area contributed by atoms with Crippen LogP contribution in [0.5, 0.6) is 0 Å². The van der Waals surface area contributed by atoms with Gasteiger partial charge in [0, 0.05) is 54.9 Å². The number of nitriles is 1. The van der Waals surface area contributed by atoms with Gasteiger partial charge in [-0.15, -0.1) is 10.2 Å². The summed E-state index contributed by atoms with van der Waals surface area (Å²) in [7, 11) is 0. The topological polar surface area (TPSA) is 91.5 Å². The van der Waals surface area contributed by atoms with Gasteiger partial charge in [0.1, 0.15) is 12.4 Å². The lowest BCUT2D eigenvalue weighted by Crippen LogP contribution is -2.32. The van der Waals surface area contributed by atoms with Gasteiger partial charge in [0.2, 0.25) is 0 Å². The van der Waals surface area contributed by atoms with Crippen molar-refractivity contribution in [2.45, 2.75) is 26.8 Å². The van der Waals surface area contributed by atoms with Crippen molar-refractivity contribution >= 4 is 5.82 Å². The standard InChI is InChI=1S/C19H17N7/c1-12-13(2)19(25-24-18(12)6-20)26-4-3-17-15(10-26)5-14(9-23-17)16-7-21-11-22-8-16/h5,7-9,11H,3-4,10H2,1-2H3. The second-order valence-corrected chi connectivity index (χ2v) is 6.36. The number of rotatable bonds is 2. The Kier molecular flexibility index (Phi) is 4.01. The molecule has 0 atom stereocenters. The van der Waals surface area contributed by atoms with Crippen LogP contribution in [0.15, 0.2) is 31.0 Å². The highest BCUT2D eigenvalue weighted by Gasteiger charge is 2.22. The predicted molar refractivity (Wildman–Crippen MR) is 96.2 cm³/mol. The normalized spacial score (nSPS) is 13.2. The van der Waals surface area contributed by atoms with E-state index >= 15 is 0 Å². The van der Waals surface area contributed by atoms with Gasteiger partial charge in [-0.2, -0.15) is 5.26 Å². The van der Waals surface area contributed by atoms with Gasteiger partial charge >= 0.3 is 0 Å². The summed E-state index contributed by atoms with van der Waals surface area (Å²) < 4.78 is 0. The first-order chi connectivity index (χ1) is 12.7. The van der Waals surface area contributed by atoms with Crippen LogP contribution in [0.2, 0.25) is 0 Å². The van der Waals surface area contributed by atoms with Crippen LogP contribution in [0, 0.1) is 25.2 Å². The molecule has 4 heterocycles. The minimum absolute atomic E-state index is 0.386. The van der Waals surface area contributed by atoms with Gasteiger partial charge in [-0.3, -0.25) is 4.98 Å². The number of hydrogen-bond acceptors (Lipinski definition) is 7. The molecule has 0 bridgehead atoms. The molecule has 0 spiro atoms. The summed E-state index contributed by atoms with van der Waals surface area (Å²) >= 11 is 0. The summed E-state index contributed by atoms with van der Waals surface area (Å²) in [6.07, 6.45) is 7.82. The summed E-state index contributed by atoms with van der Waals surface area (Å²) in [4.78, 5) is 15.0. The van der Waals surface area contributed by atoms with E-state index in [2.05, 4.69) is 42.2 Å². The van der Waals surface area contributed by atoms with Gasteiger partial charge in [-0.05, 0) is 36.6 Å². The van der Waals surface area contributed by atoms with Gasteiger partial charge < -0.3 is 4.90 Å². The van der Waals surface area contributed by atoms with Crippen molar-refractivity contribution in [3.63, 3.8) is 0 Å². The van der Waals surface area contributed by atoms with Crippen molar-refractivity contribution in [1.82, 2.24) is 25.1 Å². The highest BCUT2D eigenvalue weighted by molar-refractivity contribution is 5.62. The Morgan fingerprint density at radius 2 is 1.85 bits per heavy atom. The van der Waals surface area contributed by atoms with Crippen LogP contribution in [0.25, 0.3) is 11.1 Å². The average molecular weight is 343 g/mol. The Bertz CT molecular complexity index is 1010. The fourth-order valence-electron chi connectivity index (χ4n) is 3.21. The van der Waals surface area contributed by atoms with Crippen molar-refractivity contribution < 1.29 is 0 Å². The lowest BCUT2D eigenvalue weighted by molar-refractivity contribution is 0.692. The molecule has 4 rings (SSSR count). The minimum Gasteiger partial charge on any atom is -0.350 e. The predicted octanol–water partition coefficient (Wildman–Crippen LogP) is 2.38. The zero-order chi connectivity index (χ0) is 18.1. The monoisotopic (exact) mass is 343 g/mol. The van der Waals surface area contributed by atoms with Crippen LogP contribution in [-0.2, 0) is 13.0 Å². The molecule has 0 saturated heterocycles. The molecular weight excluding hydrogens is 326 g/mol. The Morgan fingerprint density at radius 1 is 1.04 bits per heavy atom. The molecule has 7 nitrogen and oxygen atoms in total. The van der Waals surface area contributed by atoms with Crippen molar-refractivity contribution in [1.29, 1.82) is 5.26 Å². The van der Waals surface area contributed by atoms with Crippen molar-refractivity contribution in [3.8, 4) is 17.2 Å². The lowest BCUT2D eigenvalue weighted by Gasteiger charge is -2.30. The molecule has 128 valence electrons. The van der Waals surface area contributed by atoms with E-state index in [0.717, 1.165) is 46.7 Å². The summed E-state index contributed by atoms with van der Waals surface area (Å²) in [5.41, 5.74) is 6.50. The molecule has 0 aromatic carbocycles. The zero-order valence-corrected chi connectivity index (χ0v) is 14.6. The molecule has 1 aliphatic heterocycles. The third-order valence-corrected chi connectivity index (χ3v) is 4.84. The van der Waals surface area contributed by atoms with Crippen molar-refractivity contribution in [2.24, 2.45) is 0 Å². The number of anilines is 1. The van der Waals surface area contributed by atoms with E-state index in [1.54, 1.807) is 12.4 Å². The summed E-state index contributed by atoms with van der Waals surface area (Å²) in [5, 5.41) is 17.5. The highest BCUT2D eigenvalue weighted by atomic mass is 15.3. The maximum absolute atomic E-state index is 9.13. The van der Waals surface area contributed by atoms with Crippen LogP contribution in [0.4, 0.5) is 5.82 Å². The molecule has 1 aliphatic rings. The molecule has 7 heteroatoms. The largest absolute Gasteiger partial charge is 0.350 e. The molecule has 3 aromatic rings. The number of aromatic nitrogens is 5. The SMILES string of the molecule is Cc1c(C#N)nnc(N2CCc3ncc(-c4cncnc4)cc3C2)c1C. The summed E-state index contributed by atoms with van der Waals surface area (Å²) in [6, 6.07) is 4.24. The van der Waals surface area contributed by atoms with Crippen molar-refractivity contribution in [2.75, 3.05) is 11.4 Å². The second-order valence-electron chi connectivity index (χ2n) is 6.36. The van der Waals surface area contributed by atoms with E-state index in [0.29, 0.717) is 12.2 Å². The van der Waals surface area contributed by atoms with E-state index in [-0.39, 0.29) is 0 Å². The Balaban J connectivity index is 1.68. The molecule has 0 amide bonds. The van der Waals surface area contributed by atoms with Gasteiger partial charge in [0.15, 0.2) is 11.5 Å². The number of nitrogens with zero attached hydrogens (tertiary/aromatic N) is 7. The zero-order valence-electron chi connectivity index (χ0n) is 14.6. The van der Waals surface area contributed by atoms with Gasteiger partial charge in [-0.25, -0.2) is 9.97 Å². The highest BCUT2D eigenvalue weighted by Crippen LogP contribution is 2.28. The van der Waals surface area contributed by atoms with E-state index in [1.807, 2.05) is 20.0 Å². The first-order valence-corrected chi connectivity index (χ1v) is 8.39. The number of hydrogen-bond donors (Lipinski definition) is 0. The van der Waals surface area contributed by atoms with Gasteiger partial charge in [-0.1, -0.05) is 0 Å². The fourth-order valence-corrected chi connectivity index (χ4v) is 3.21. The molecule has 0 fully saturated rings. The van der Waals surface area contributed by atoms with E-state index < -0.39 is 0 Å². The Hall–Kier alpha value is -3.40. The quantitative estimate of drug-likeness (QED) is 0.705. The van der Waals surface area contributed by atoms with E-state index in [9.17, 15) is 0 Å². The van der Waals surface area contributed by atoms with Crippen molar-refractivity contribution in [3.05, 3.63) is 59.1 Å². The molecule has 0 saturated carbocycles. The van der Waals surface area contributed by atoms with E-state index in [4.69, 9.17) is 5.26 Å². The minimum atomic E-state index is 0.386. The van der Waals surface area contributed by atoms with Crippen LogP contribution in [0.1, 0.15) is 28.1 Å². The first-order valence-electron chi connectivity index (χ1n) is 8.39. The van der Waals surface area contributed by atoms with Crippen LogP contribution < -0.4 is 4.90 Å². The average Bonchev–Trinajstić information content (AvgIpc) is 2.70. The number of fused-ring (bicyclic) bond motifs is 1. The Morgan fingerprint density at radius 3 is 2.62 bits per heavy atom. The maximum atomic E-state index is 9.13. The maximum Gasteiger partial charge on any atom is 0.166 e. The Labute approximate surface area is 151 Å². The number of pyridine rings is 1. The van der Waals surface area contributed by atoms with Gasteiger partial charge in [0.05, 0.1) is 0 Å². The lowest BCUT2D eigenvalue weighted by atomic mass is 10.0. The van der Waals surface area contributed by atoms with Crippen LogP contribution in [-0.4, -0.2) is 31.7 Å². The molecule has 26 heavy (non-hydrogen) atoms. The van der Waals surface area contributed by atoms with Crippen LogP contribution in [0.3, 0.4) is 0 Å². The molecule has 3 aromatic heterocycles. The molecule has 0 N–H and O–H groups in total. The summed E-state index contributed by atoms with van der Waals surface area (Å²) in [5.74, 6) is 0.834. The smallest absolute Gasteiger partial charge is 0.166 e. The first kappa shape index (κ1) is 16.1. The second kappa shape index (κ2) is 6.48. The third kappa shape index (κ3) is 2.75. The molecular formula is C19H17N7. The van der Waals surface area contributed by atoms with E-state index in [1.165, 1.54) is 11.9 Å². The summed E-state index contributed by atoms with van der Waals surface area (Å²) in [6.45, 7) is 5.45. The molecule has 0 unspecified atom stereocenters. The van der Waals surface area contributed by atoms with Gasteiger partial charge in [0.25, 0.3) is 0 Å². The molecule has 0 aliphatic carbocycles.